The van der Waals surface area contributed by atoms with E-state index >= 15 is 0 Å². The molecule has 0 aliphatic carbocycles. The van der Waals surface area contributed by atoms with Crippen molar-refractivity contribution in [3.63, 3.8) is 0 Å². The summed E-state index contributed by atoms with van der Waals surface area (Å²) in [5.41, 5.74) is 5.56. The summed E-state index contributed by atoms with van der Waals surface area (Å²) in [5, 5.41) is 12.9. The molecule has 0 aromatic heterocycles. The smallest absolute Gasteiger partial charge is 0.119 e. The van der Waals surface area contributed by atoms with E-state index in [1.54, 1.807) is 0 Å². The van der Waals surface area contributed by atoms with E-state index in [9.17, 15) is 5.26 Å². The maximum absolute atomic E-state index is 9.23. The molecule has 0 saturated carbocycles. The molecular weight excluding hydrogens is 428 g/mol. The maximum Gasteiger partial charge on any atom is 0.119 e. The Kier molecular flexibility index (Phi) is 8.70. The van der Waals surface area contributed by atoms with E-state index < -0.39 is 0 Å². The standard InChI is InChI=1S/C32H32N2O/c1-25(34-21-20-32(27-10-4-2-5-11-27)28-12-6-3-7-13-28)22-26-16-18-31(19-17-26)35-24-30-15-9-8-14-29(30)23-33/h2-19,25,32,34H,20-22,24H2,1H3. The van der Waals surface area contributed by atoms with Crippen molar-refractivity contribution in [1.82, 2.24) is 5.32 Å². The van der Waals surface area contributed by atoms with Crippen molar-refractivity contribution >= 4 is 0 Å². The molecule has 35 heavy (non-hydrogen) atoms. The van der Waals surface area contributed by atoms with Gasteiger partial charge in [-0.2, -0.15) is 5.26 Å². The first-order chi connectivity index (χ1) is 17.2. The molecule has 0 aliphatic heterocycles. The average Bonchev–Trinajstić information content (AvgIpc) is 2.92. The zero-order valence-corrected chi connectivity index (χ0v) is 20.2. The number of nitrogens with zero attached hydrogens (tertiary/aromatic N) is 1. The molecule has 0 bridgehead atoms. The summed E-state index contributed by atoms with van der Waals surface area (Å²) in [6.07, 6.45) is 2.01. The molecule has 4 rings (SSSR count). The van der Waals surface area contributed by atoms with Crippen LogP contribution in [-0.4, -0.2) is 12.6 Å². The molecule has 0 heterocycles. The Morgan fingerprint density at radius 2 is 1.37 bits per heavy atom. The number of nitriles is 1. The maximum atomic E-state index is 9.23. The first-order valence-electron chi connectivity index (χ1n) is 12.3. The predicted molar refractivity (Wildman–Crippen MR) is 142 cm³/mol. The third-order valence-corrected chi connectivity index (χ3v) is 6.33. The van der Waals surface area contributed by atoms with Gasteiger partial charge in [-0.15, -0.1) is 0 Å². The van der Waals surface area contributed by atoms with Crippen molar-refractivity contribution < 1.29 is 4.74 Å². The summed E-state index contributed by atoms with van der Waals surface area (Å²) in [7, 11) is 0. The van der Waals surface area contributed by atoms with Crippen LogP contribution in [0.15, 0.2) is 109 Å². The Hall–Kier alpha value is -3.87. The molecule has 0 saturated heterocycles. The lowest BCUT2D eigenvalue weighted by atomic mass is 9.88. The Balaban J connectivity index is 1.27. The van der Waals surface area contributed by atoms with Gasteiger partial charge < -0.3 is 10.1 Å². The third-order valence-electron chi connectivity index (χ3n) is 6.33. The number of nitrogens with one attached hydrogen (secondary N) is 1. The molecule has 0 amide bonds. The van der Waals surface area contributed by atoms with Gasteiger partial charge in [0.2, 0.25) is 0 Å². The van der Waals surface area contributed by atoms with E-state index in [4.69, 9.17) is 4.74 Å². The lowest BCUT2D eigenvalue weighted by Crippen LogP contribution is -2.30. The summed E-state index contributed by atoms with van der Waals surface area (Å²) >= 11 is 0. The highest BCUT2D eigenvalue weighted by atomic mass is 16.5. The Labute approximate surface area is 209 Å². The molecular formula is C32H32N2O. The summed E-state index contributed by atoms with van der Waals surface area (Å²) in [6, 6.07) is 40.0. The van der Waals surface area contributed by atoms with Gasteiger partial charge in [-0.3, -0.25) is 0 Å². The van der Waals surface area contributed by atoms with Crippen molar-refractivity contribution in [3.8, 4) is 11.8 Å². The van der Waals surface area contributed by atoms with E-state index in [1.165, 1.54) is 16.7 Å². The van der Waals surface area contributed by atoms with Crippen molar-refractivity contribution in [2.24, 2.45) is 0 Å². The zero-order chi connectivity index (χ0) is 24.3. The number of benzene rings is 4. The topological polar surface area (TPSA) is 45.0 Å². The fraction of sp³-hybridized carbons (Fsp3) is 0.219. The number of hydrogen-bond donors (Lipinski definition) is 1. The fourth-order valence-corrected chi connectivity index (χ4v) is 4.43. The van der Waals surface area contributed by atoms with Crippen molar-refractivity contribution in [1.29, 1.82) is 5.26 Å². The lowest BCUT2D eigenvalue weighted by Gasteiger charge is -2.20. The Bertz CT molecular complexity index is 1170. The van der Waals surface area contributed by atoms with Gasteiger partial charge in [0.15, 0.2) is 0 Å². The van der Waals surface area contributed by atoms with E-state index in [2.05, 4.69) is 91.1 Å². The third kappa shape index (κ3) is 7.06. The first kappa shape index (κ1) is 24.3. The molecule has 1 N–H and O–H groups in total. The van der Waals surface area contributed by atoms with Crippen LogP contribution in [0.25, 0.3) is 0 Å². The fourth-order valence-electron chi connectivity index (χ4n) is 4.43. The monoisotopic (exact) mass is 460 g/mol. The first-order valence-corrected chi connectivity index (χ1v) is 12.3. The van der Waals surface area contributed by atoms with Crippen LogP contribution >= 0.6 is 0 Å². The Morgan fingerprint density at radius 1 is 0.771 bits per heavy atom. The molecule has 0 fully saturated rings. The van der Waals surface area contributed by atoms with E-state index in [1.807, 2.05) is 36.4 Å². The van der Waals surface area contributed by atoms with Crippen molar-refractivity contribution in [2.45, 2.75) is 38.3 Å². The second-order valence-corrected chi connectivity index (χ2v) is 8.92. The van der Waals surface area contributed by atoms with Crippen LogP contribution in [-0.2, 0) is 13.0 Å². The highest BCUT2D eigenvalue weighted by Crippen LogP contribution is 2.27. The van der Waals surface area contributed by atoms with Crippen LogP contribution in [0.1, 0.15) is 47.1 Å². The largest absolute Gasteiger partial charge is 0.489 e. The highest BCUT2D eigenvalue weighted by molar-refractivity contribution is 5.37. The van der Waals surface area contributed by atoms with E-state index in [-0.39, 0.29) is 0 Å². The predicted octanol–water partition coefficient (Wildman–Crippen LogP) is 6.88. The average molecular weight is 461 g/mol. The summed E-state index contributed by atoms with van der Waals surface area (Å²) in [6.45, 7) is 3.59. The molecule has 0 radical (unpaired) electrons. The molecule has 4 aromatic rings. The lowest BCUT2D eigenvalue weighted by molar-refractivity contribution is 0.306. The normalized spacial score (nSPS) is 11.7. The van der Waals surface area contributed by atoms with E-state index in [0.29, 0.717) is 24.1 Å². The van der Waals surface area contributed by atoms with Crippen molar-refractivity contribution in [3.05, 3.63) is 137 Å². The van der Waals surface area contributed by atoms with Gasteiger partial charge in [0.25, 0.3) is 0 Å². The molecule has 0 spiro atoms. The van der Waals surface area contributed by atoms with Gasteiger partial charge >= 0.3 is 0 Å². The second-order valence-electron chi connectivity index (χ2n) is 8.92. The van der Waals surface area contributed by atoms with Crippen LogP contribution < -0.4 is 10.1 Å². The van der Waals surface area contributed by atoms with Gasteiger partial charge in [-0.25, -0.2) is 0 Å². The van der Waals surface area contributed by atoms with Crippen LogP contribution in [0, 0.1) is 11.3 Å². The number of rotatable bonds is 11. The van der Waals surface area contributed by atoms with Crippen LogP contribution in [0.4, 0.5) is 0 Å². The van der Waals surface area contributed by atoms with Crippen LogP contribution in [0.3, 0.4) is 0 Å². The van der Waals surface area contributed by atoms with Crippen LogP contribution in [0.5, 0.6) is 5.75 Å². The van der Waals surface area contributed by atoms with Gasteiger partial charge in [0.1, 0.15) is 12.4 Å². The van der Waals surface area contributed by atoms with E-state index in [0.717, 1.165) is 30.7 Å². The summed E-state index contributed by atoms with van der Waals surface area (Å²) in [4.78, 5) is 0. The van der Waals surface area contributed by atoms with Gasteiger partial charge in [-0.1, -0.05) is 91.0 Å². The summed E-state index contributed by atoms with van der Waals surface area (Å²) < 4.78 is 5.90. The molecule has 176 valence electrons. The SMILES string of the molecule is CC(Cc1ccc(OCc2ccccc2C#N)cc1)NCCC(c1ccccc1)c1ccccc1. The van der Waals surface area contributed by atoms with Gasteiger partial charge in [0, 0.05) is 17.5 Å². The minimum atomic E-state index is 0.372. The number of hydrogen-bond acceptors (Lipinski definition) is 3. The summed E-state index contributed by atoms with van der Waals surface area (Å²) in [5.74, 6) is 1.20. The minimum Gasteiger partial charge on any atom is -0.489 e. The molecule has 0 aliphatic rings. The molecule has 3 nitrogen and oxygen atoms in total. The van der Waals surface area contributed by atoms with Gasteiger partial charge in [-0.05, 0) is 61.2 Å². The molecule has 3 heteroatoms. The molecule has 1 atom stereocenters. The van der Waals surface area contributed by atoms with Gasteiger partial charge in [0.05, 0.1) is 11.6 Å². The second kappa shape index (κ2) is 12.6. The minimum absolute atomic E-state index is 0.372. The molecule has 1 unspecified atom stereocenters. The van der Waals surface area contributed by atoms with Crippen LogP contribution in [0.2, 0.25) is 0 Å². The number of ether oxygens (including phenoxy) is 1. The quantitative estimate of drug-likeness (QED) is 0.265. The van der Waals surface area contributed by atoms with Crippen molar-refractivity contribution in [2.75, 3.05) is 6.54 Å². The molecule has 4 aromatic carbocycles. The zero-order valence-electron chi connectivity index (χ0n) is 20.2. The Morgan fingerprint density at radius 3 is 2.00 bits per heavy atom. The highest BCUT2D eigenvalue weighted by Gasteiger charge is 2.14.